The molecule has 1 aromatic heterocycles. The predicted octanol–water partition coefficient (Wildman–Crippen LogP) is 2.96. The van der Waals surface area contributed by atoms with Gasteiger partial charge in [-0.1, -0.05) is 48.8 Å². The maximum atomic E-state index is 12.2. The van der Waals surface area contributed by atoms with Crippen LogP contribution in [0.15, 0.2) is 35.1 Å². The van der Waals surface area contributed by atoms with Crippen LogP contribution >= 0.6 is 15.9 Å². The monoisotopic (exact) mass is 460 g/mol. The highest BCUT2D eigenvalue weighted by Crippen LogP contribution is 2.34. The molecule has 0 saturated carbocycles. The Hall–Kier alpha value is -1.75. The zero-order valence-corrected chi connectivity index (χ0v) is 18.0. The van der Waals surface area contributed by atoms with Crippen LogP contribution in [-0.4, -0.2) is 43.3 Å². The van der Waals surface area contributed by atoms with Crippen LogP contribution < -0.4 is 14.2 Å². The van der Waals surface area contributed by atoms with E-state index >= 15 is 0 Å². The molecule has 2 rings (SSSR count). The molecule has 0 amide bonds. The van der Waals surface area contributed by atoms with E-state index in [1.165, 1.54) is 6.33 Å². The lowest BCUT2D eigenvalue weighted by Gasteiger charge is -2.15. The fraction of sp³-hybridized carbons (Fsp3) is 0.412. The zero-order valence-electron chi connectivity index (χ0n) is 15.6. The second-order valence-corrected chi connectivity index (χ2v) is 7.40. The number of ether oxygens (including phenoxy) is 1. The maximum absolute atomic E-state index is 12.2. The summed E-state index contributed by atoms with van der Waals surface area (Å²) >= 11 is 3.36. The Morgan fingerprint density at radius 2 is 1.85 bits per heavy atom. The van der Waals surface area contributed by atoms with Gasteiger partial charge in [-0.05, 0) is 24.1 Å². The summed E-state index contributed by atoms with van der Waals surface area (Å²) in [6.45, 7) is 6.01. The average molecular weight is 461 g/mol. The third-order valence-corrected chi connectivity index (χ3v) is 4.62. The van der Waals surface area contributed by atoms with Crippen LogP contribution in [0.5, 0.6) is 5.88 Å². The summed E-state index contributed by atoms with van der Waals surface area (Å²) in [6.07, 6.45) is 1.86. The highest BCUT2D eigenvalue weighted by atomic mass is 79.9. The van der Waals surface area contributed by atoms with E-state index in [0.717, 1.165) is 4.47 Å². The molecule has 2 aromatic rings. The highest BCUT2D eigenvalue weighted by molar-refractivity contribution is 9.10. The van der Waals surface area contributed by atoms with E-state index < -0.39 is 10.2 Å². The van der Waals surface area contributed by atoms with E-state index in [1.54, 1.807) is 12.1 Å². The summed E-state index contributed by atoms with van der Waals surface area (Å²) in [7, 11) is -3.78. The van der Waals surface area contributed by atoms with Crippen LogP contribution in [0, 0.1) is 0 Å². The topological polar surface area (TPSA) is 113 Å². The minimum absolute atomic E-state index is 0.0286. The molecule has 0 aliphatic rings. The summed E-state index contributed by atoms with van der Waals surface area (Å²) in [5.74, 6) is 0.272. The molecule has 0 aliphatic carbocycles. The summed E-state index contributed by atoms with van der Waals surface area (Å²) < 4.78 is 35.4. The molecule has 3 N–H and O–H groups in total. The standard InChI is InChI=1S/C15H19BrN4O4S.C2H6/c1-2-7-19-25(22,23)20-14-13(11-3-5-12(16)6-4-11)15(18-10-17-14)24-9-8-21;1-2/h3-6,10,19,21H,2,7-9H2,1H3,(H,17,18,20);1-2H3. The molecule has 1 heterocycles. The van der Waals surface area contributed by atoms with E-state index in [-0.39, 0.29) is 24.9 Å². The van der Waals surface area contributed by atoms with Crippen molar-refractivity contribution < 1.29 is 18.3 Å². The fourth-order valence-corrected chi connectivity index (χ4v) is 3.19. The Kier molecular flexibility index (Phi) is 10.2. The number of rotatable bonds is 9. The van der Waals surface area contributed by atoms with Crippen molar-refractivity contribution in [1.29, 1.82) is 0 Å². The van der Waals surface area contributed by atoms with Gasteiger partial charge in [-0.15, -0.1) is 0 Å². The van der Waals surface area contributed by atoms with Crippen LogP contribution in [0.4, 0.5) is 5.82 Å². The largest absolute Gasteiger partial charge is 0.475 e. The lowest BCUT2D eigenvalue weighted by molar-refractivity contribution is 0.197. The van der Waals surface area contributed by atoms with Gasteiger partial charge in [-0.2, -0.15) is 13.1 Å². The first-order valence-electron chi connectivity index (χ1n) is 8.59. The number of aromatic nitrogens is 2. The quantitative estimate of drug-likeness (QED) is 0.529. The third-order valence-electron chi connectivity index (χ3n) is 3.05. The van der Waals surface area contributed by atoms with E-state index in [0.29, 0.717) is 24.1 Å². The first-order chi connectivity index (χ1) is 13.0. The van der Waals surface area contributed by atoms with Gasteiger partial charge in [0.05, 0.1) is 12.2 Å². The number of aliphatic hydroxyl groups excluding tert-OH is 1. The van der Waals surface area contributed by atoms with E-state index in [1.807, 2.05) is 32.9 Å². The third kappa shape index (κ3) is 7.41. The number of aliphatic hydroxyl groups is 1. The smallest absolute Gasteiger partial charge is 0.300 e. The number of halogens is 1. The Balaban J connectivity index is 0.00000176. The molecule has 8 nitrogen and oxygen atoms in total. The van der Waals surface area contributed by atoms with Gasteiger partial charge in [0.15, 0.2) is 5.82 Å². The Morgan fingerprint density at radius 1 is 1.19 bits per heavy atom. The average Bonchev–Trinajstić information content (AvgIpc) is 2.67. The molecule has 10 heteroatoms. The first kappa shape index (κ1) is 23.3. The van der Waals surface area contributed by atoms with Gasteiger partial charge in [-0.25, -0.2) is 9.97 Å². The van der Waals surface area contributed by atoms with Gasteiger partial charge in [0.1, 0.15) is 12.9 Å². The molecule has 0 spiro atoms. The lowest BCUT2D eigenvalue weighted by atomic mass is 10.1. The molecule has 150 valence electrons. The normalized spacial score (nSPS) is 10.7. The molecule has 0 fully saturated rings. The van der Waals surface area contributed by atoms with Crippen LogP contribution in [0.2, 0.25) is 0 Å². The SMILES string of the molecule is CC.CCCNS(=O)(=O)Nc1ncnc(OCCO)c1-c1ccc(Br)cc1. The van der Waals surface area contributed by atoms with Crippen molar-refractivity contribution in [2.24, 2.45) is 0 Å². The Labute approximate surface area is 168 Å². The van der Waals surface area contributed by atoms with Gasteiger partial charge in [0, 0.05) is 11.0 Å². The van der Waals surface area contributed by atoms with Crippen LogP contribution in [0.1, 0.15) is 27.2 Å². The zero-order chi connectivity index (χ0) is 20.3. The van der Waals surface area contributed by atoms with E-state index in [9.17, 15) is 8.42 Å². The molecule has 0 unspecified atom stereocenters. The van der Waals surface area contributed by atoms with Crippen molar-refractivity contribution >= 4 is 32.0 Å². The molecule has 0 saturated heterocycles. The minimum Gasteiger partial charge on any atom is -0.475 e. The molecule has 0 radical (unpaired) electrons. The molecule has 27 heavy (non-hydrogen) atoms. The van der Waals surface area contributed by atoms with Crippen LogP contribution in [0.3, 0.4) is 0 Å². The molecular weight excluding hydrogens is 436 g/mol. The van der Waals surface area contributed by atoms with Crippen LogP contribution in [0.25, 0.3) is 11.1 Å². The van der Waals surface area contributed by atoms with E-state index in [2.05, 4.69) is 35.3 Å². The van der Waals surface area contributed by atoms with Gasteiger partial charge in [-0.3, -0.25) is 4.72 Å². The van der Waals surface area contributed by atoms with Gasteiger partial charge in [0.2, 0.25) is 5.88 Å². The van der Waals surface area contributed by atoms with Gasteiger partial charge in [0.25, 0.3) is 10.2 Å². The molecular formula is C17H25BrN4O4S. The second-order valence-electron chi connectivity index (χ2n) is 4.98. The number of nitrogens with one attached hydrogen (secondary N) is 2. The molecule has 0 aliphatic heterocycles. The number of hydrogen-bond donors (Lipinski definition) is 3. The van der Waals surface area contributed by atoms with Gasteiger partial charge >= 0.3 is 0 Å². The molecule has 1 aromatic carbocycles. The number of hydrogen-bond acceptors (Lipinski definition) is 6. The van der Waals surface area contributed by atoms with Crippen LogP contribution in [-0.2, 0) is 10.2 Å². The first-order valence-corrected chi connectivity index (χ1v) is 10.9. The summed E-state index contributed by atoms with van der Waals surface area (Å²) in [6, 6.07) is 7.19. The van der Waals surface area contributed by atoms with Crippen molar-refractivity contribution in [2.45, 2.75) is 27.2 Å². The highest BCUT2D eigenvalue weighted by Gasteiger charge is 2.19. The fourth-order valence-electron chi connectivity index (χ4n) is 1.98. The van der Waals surface area contributed by atoms with Crippen molar-refractivity contribution in [3.63, 3.8) is 0 Å². The van der Waals surface area contributed by atoms with Crippen molar-refractivity contribution in [1.82, 2.24) is 14.7 Å². The molecule has 0 bridgehead atoms. The second kappa shape index (κ2) is 11.9. The van der Waals surface area contributed by atoms with Gasteiger partial charge < -0.3 is 9.84 Å². The number of anilines is 1. The van der Waals surface area contributed by atoms with Crippen molar-refractivity contribution in [3.8, 4) is 17.0 Å². The number of benzene rings is 1. The Bertz CT molecular complexity index is 801. The summed E-state index contributed by atoms with van der Waals surface area (Å²) in [5.41, 5.74) is 1.07. The predicted molar refractivity (Wildman–Crippen MR) is 110 cm³/mol. The van der Waals surface area contributed by atoms with Crippen molar-refractivity contribution in [3.05, 3.63) is 35.1 Å². The minimum atomic E-state index is -3.78. The number of nitrogens with zero attached hydrogens (tertiary/aromatic N) is 2. The summed E-state index contributed by atoms with van der Waals surface area (Å²) in [4.78, 5) is 8.10. The maximum Gasteiger partial charge on any atom is 0.300 e. The Morgan fingerprint density at radius 3 is 2.44 bits per heavy atom. The lowest BCUT2D eigenvalue weighted by Crippen LogP contribution is -2.31. The molecule has 0 atom stereocenters. The van der Waals surface area contributed by atoms with Crippen molar-refractivity contribution in [2.75, 3.05) is 24.5 Å². The summed E-state index contributed by atoms with van der Waals surface area (Å²) in [5, 5.41) is 8.98. The van der Waals surface area contributed by atoms with E-state index in [4.69, 9.17) is 9.84 Å².